The van der Waals surface area contributed by atoms with Gasteiger partial charge in [0.1, 0.15) is 0 Å². The highest BCUT2D eigenvalue weighted by atomic mass is 16.2. The lowest BCUT2D eigenvalue weighted by Crippen LogP contribution is -2.47. The first kappa shape index (κ1) is 13.6. The van der Waals surface area contributed by atoms with Crippen LogP contribution in [0, 0.1) is 0 Å². The smallest absolute Gasteiger partial charge is 0.274 e. The molecule has 1 aromatic rings. The molecule has 0 radical (unpaired) electrons. The molecule has 1 aromatic heterocycles. The number of fused-ring (bicyclic) bond motifs is 1. The van der Waals surface area contributed by atoms with Crippen LogP contribution in [0.4, 0.5) is 0 Å². The van der Waals surface area contributed by atoms with Crippen LogP contribution in [0.1, 0.15) is 34.6 Å². The van der Waals surface area contributed by atoms with Crippen molar-refractivity contribution in [2.75, 3.05) is 33.7 Å². The molecule has 110 valence electrons. The number of aromatic amines is 1. The summed E-state index contributed by atoms with van der Waals surface area (Å²) in [6.07, 6.45) is 3.15. The number of piperidine rings is 1. The summed E-state index contributed by atoms with van der Waals surface area (Å²) in [5, 5.41) is 10.6. The van der Waals surface area contributed by atoms with Crippen LogP contribution < -0.4 is 5.32 Å². The molecular formula is C14H23N5O. The highest BCUT2D eigenvalue weighted by Crippen LogP contribution is 2.20. The maximum absolute atomic E-state index is 12.7. The van der Waals surface area contributed by atoms with Crippen molar-refractivity contribution in [3.63, 3.8) is 0 Å². The van der Waals surface area contributed by atoms with Crippen LogP contribution in [-0.4, -0.2) is 65.7 Å². The molecule has 3 rings (SSSR count). The lowest BCUT2D eigenvalue weighted by atomic mass is 10.0. The van der Waals surface area contributed by atoms with Gasteiger partial charge in [-0.15, -0.1) is 0 Å². The summed E-state index contributed by atoms with van der Waals surface area (Å²) in [7, 11) is 4.02. The number of hydrogen-bond donors (Lipinski definition) is 2. The monoisotopic (exact) mass is 277 g/mol. The number of likely N-dealkylation sites (tertiary alicyclic amines) is 1. The molecule has 6 nitrogen and oxygen atoms in total. The zero-order valence-electron chi connectivity index (χ0n) is 12.3. The first-order valence-corrected chi connectivity index (χ1v) is 7.39. The van der Waals surface area contributed by atoms with Gasteiger partial charge in [0.2, 0.25) is 0 Å². The van der Waals surface area contributed by atoms with E-state index in [4.69, 9.17) is 0 Å². The number of likely N-dealkylation sites (N-methyl/N-ethyl adjacent to an activating group) is 2. The molecule has 0 aromatic carbocycles. The van der Waals surface area contributed by atoms with E-state index in [-0.39, 0.29) is 5.91 Å². The fourth-order valence-corrected chi connectivity index (χ4v) is 3.19. The van der Waals surface area contributed by atoms with E-state index in [1.165, 1.54) is 0 Å². The highest BCUT2D eigenvalue weighted by Gasteiger charge is 2.29. The average molecular weight is 277 g/mol. The van der Waals surface area contributed by atoms with Crippen molar-refractivity contribution >= 4 is 5.91 Å². The van der Waals surface area contributed by atoms with Gasteiger partial charge in [0.15, 0.2) is 5.69 Å². The fourth-order valence-electron chi connectivity index (χ4n) is 3.19. The maximum atomic E-state index is 12.7. The van der Waals surface area contributed by atoms with Gasteiger partial charge in [0, 0.05) is 50.4 Å². The van der Waals surface area contributed by atoms with Crippen LogP contribution in [0.2, 0.25) is 0 Å². The Balaban J connectivity index is 1.76. The zero-order chi connectivity index (χ0) is 14.1. The van der Waals surface area contributed by atoms with E-state index >= 15 is 0 Å². The Bertz CT molecular complexity index is 498. The molecule has 1 saturated heterocycles. The number of nitrogens with one attached hydrogen (secondary N) is 2. The van der Waals surface area contributed by atoms with E-state index in [2.05, 4.69) is 27.5 Å². The van der Waals surface area contributed by atoms with Gasteiger partial charge in [-0.1, -0.05) is 0 Å². The first-order valence-electron chi connectivity index (χ1n) is 7.39. The summed E-state index contributed by atoms with van der Waals surface area (Å²) in [6.45, 7) is 3.77. The Kier molecular flexibility index (Phi) is 3.76. The second-order valence-electron chi connectivity index (χ2n) is 5.93. The van der Waals surface area contributed by atoms with E-state index in [0.717, 1.165) is 56.7 Å². The predicted molar refractivity (Wildman–Crippen MR) is 76.6 cm³/mol. The van der Waals surface area contributed by atoms with Crippen molar-refractivity contribution in [1.82, 2.24) is 25.3 Å². The molecular weight excluding hydrogens is 254 g/mol. The van der Waals surface area contributed by atoms with Crippen LogP contribution in [0.15, 0.2) is 0 Å². The molecule has 1 amide bonds. The molecule has 1 atom stereocenters. The first-order chi connectivity index (χ1) is 9.66. The molecule has 2 aliphatic rings. The van der Waals surface area contributed by atoms with E-state index in [0.29, 0.717) is 11.7 Å². The molecule has 0 aliphatic carbocycles. The summed E-state index contributed by atoms with van der Waals surface area (Å²) in [4.78, 5) is 16.8. The van der Waals surface area contributed by atoms with Crippen LogP contribution in [0.3, 0.4) is 0 Å². The minimum Gasteiger partial charge on any atom is -0.336 e. The maximum Gasteiger partial charge on any atom is 0.274 e. The number of hydrogen-bond acceptors (Lipinski definition) is 4. The number of H-pyrrole nitrogens is 1. The molecule has 1 unspecified atom stereocenters. The largest absolute Gasteiger partial charge is 0.336 e. The summed E-state index contributed by atoms with van der Waals surface area (Å²) in [6, 6.07) is 0.296. The van der Waals surface area contributed by atoms with Crippen molar-refractivity contribution < 1.29 is 4.79 Å². The van der Waals surface area contributed by atoms with Gasteiger partial charge in [-0.05, 0) is 26.4 Å². The molecule has 0 saturated carbocycles. The van der Waals surface area contributed by atoms with Gasteiger partial charge in [0.25, 0.3) is 5.91 Å². The summed E-state index contributed by atoms with van der Waals surface area (Å²) >= 11 is 0. The van der Waals surface area contributed by atoms with Gasteiger partial charge in [0.05, 0.1) is 0 Å². The van der Waals surface area contributed by atoms with Crippen LogP contribution in [0.25, 0.3) is 0 Å². The van der Waals surface area contributed by atoms with Crippen molar-refractivity contribution in [2.45, 2.75) is 31.8 Å². The van der Waals surface area contributed by atoms with E-state index < -0.39 is 0 Å². The second kappa shape index (κ2) is 5.54. The normalized spacial score (nSPS) is 23.4. The van der Waals surface area contributed by atoms with E-state index in [1.807, 2.05) is 11.9 Å². The number of carbonyl (C=O) groups excluding carboxylic acids is 1. The van der Waals surface area contributed by atoms with Crippen LogP contribution in [-0.2, 0) is 13.0 Å². The predicted octanol–water partition coefficient (Wildman–Crippen LogP) is 0.222. The highest BCUT2D eigenvalue weighted by molar-refractivity contribution is 5.94. The number of rotatable bonds is 2. The second-order valence-corrected chi connectivity index (χ2v) is 5.93. The lowest BCUT2D eigenvalue weighted by molar-refractivity contribution is 0.0637. The van der Waals surface area contributed by atoms with Crippen molar-refractivity contribution in [1.29, 1.82) is 0 Å². The third kappa shape index (κ3) is 2.45. The minimum absolute atomic E-state index is 0.0477. The third-order valence-electron chi connectivity index (χ3n) is 4.48. The minimum atomic E-state index is 0.0477. The number of nitrogens with zero attached hydrogens (tertiary/aromatic N) is 3. The number of amides is 1. The van der Waals surface area contributed by atoms with Crippen LogP contribution >= 0.6 is 0 Å². The zero-order valence-corrected chi connectivity index (χ0v) is 12.3. The van der Waals surface area contributed by atoms with Crippen molar-refractivity contribution in [3.8, 4) is 0 Å². The topological polar surface area (TPSA) is 64.3 Å². The third-order valence-corrected chi connectivity index (χ3v) is 4.48. The lowest BCUT2D eigenvalue weighted by Gasteiger charge is -2.35. The van der Waals surface area contributed by atoms with Gasteiger partial charge in [-0.2, -0.15) is 5.10 Å². The summed E-state index contributed by atoms with van der Waals surface area (Å²) < 4.78 is 0. The van der Waals surface area contributed by atoms with Crippen molar-refractivity contribution in [2.24, 2.45) is 0 Å². The Morgan fingerprint density at radius 1 is 1.50 bits per heavy atom. The average Bonchev–Trinajstić information content (AvgIpc) is 2.89. The van der Waals surface area contributed by atoms with Gasteiger partial charge >= 0.3 is 0 Å². The molecule has 2 N–H and O–H groups in total. The molecule has 0 bridgehead atoms. The fraction of sp³-hybridized carbons (Fsp3) is 0.714. The van der Waals surface area contributed by atoms with E-state index in [9.17, 15) is 4.79 Å². The number of carbonyl (C=O) groups is 1. The van der Waals surface area contributed by atoms with Gasteiger partial charge in [-0.25, -0.2) is 0 Å². The Labute approximate surface area is 119 Å². The SMILES string of the molecule is CN1CCCC(N(C)C(=O)c2n[nH]c3c2CNCC3)C1. The Morgan fingerprint density at radius 2 is 2.35 bits per heavy atom. The molecule has 20 heavy (non-hydrogen) atoms. The van der Waals surface area contributed by atoms with Gasteiger partial charge in [-0.3, -0.25) is 9.89 Å². The molecule has 1 fully saturated rings. The quantitative estimate of drug-likeness (QED) is 0.812. The molecule has 6 heteroatoms. The van der Waals surface area contributed by atoms with E-state index in [1.54, 1.807) is 0 Å². The Morgan fingerprint density at radius 3 is 3.15 bits per heavy atom. The Hall–Kier alpha value is -1.40. The van der Waals surface area contributed by atoms with Crippen molar-refractivity contribution in [3.05, 3.63) is 17.0 Å². The molecule has 0 spiro atoms. The van der Waals surface area contributed by atoms with Crippen LogP contribution in [0.5, 0.6) is 0 Å². The molecule has 2 aliphatic heterocycles. The number of aromatic nitrogens is 2. The van der Waals surface area contributed by atoms with Gasteiger partial charge < -0.3 is 15.1 Å². The summed E-state index contributed by atoms with van der Waals surface area (Å²) in [5.41, 5.74) is 2.77. The standard InChI is InChI=1S/C14H23N5O/c1-18-7-3-4-10(9-18)19(2)14(20)13-11-8-15-6-5-12(11)16-17-13/h10,15H,3-9H2,1-2H3,(H,16,17). The molecule has 3 heterocycles. The summed E-state index contributed by atoms with van der Waals surface area (Å²) in [5.74, 6) is 0.0477.